The first-order chi connectivity index (χ1) is 13.6. The maximum atomic E-state index is 12.7. The molecule has 162 valence electrons. The smallest absolute Gasteiger partial charge is 0.309 e. The molecule has 1 heterocycles. The van der Waals surface area contributed by atoms with Gasteiger partial charge in [0.1, 0.15) is 12.3 Å². The zero-order valence-electron chi connectivity index (χ0n) is 17.5. The number of hydrogen-bond donors (Lipinski definition) is 0. The van der Waals surface area contributed by atoms with Crippen LogP contribution >= 0.6 is 0 Å². The molecule has 1 aliphatic rings. The minimum absolute atomic E-state index is 0.00553. The van der Waals surface area contributed by atoms with Crippen LogP contribution in [0.5, 0.6) is 5.75 Å². The summed E-state index contributed by atoms with van der Waals surface area (Å²) >= 11 is 0. The summed E-state index contributed by atoms with van der Waals surface area (Å²) in [7, 11) is -3.65. The predicted octanol–water partition coefficient (Wildman–Crippen LogP) is 2.04. The van der Waals surface area contributed by atoms with E-state index in [1.54, 1.807) is 36.1 Å². The average Bonchev–Trinajstić information content (AvgIpc) is 2.65. The number of nitrogens with zero attached hydrogens (tertiary/aromatic N) is 2. The zero-order chi connectivity index (χ0) is 21.6. The van der Waals surface area contributed by atoms with Crippen molar-refractivity contribution in [1.29, 1.82) is 0 Å². The van der Waals surface area contributed by atoms with Crippen LogP contribution in [0.1, 0.15) is 33.6 Å². The summed E-state index contributed by atoms with van der Waals surface area (Å²) < 4.78 is 36.3. The Morgan fingerprint density at radius 1 is 1.17 bits per heavy atom. The summed E-state index contributed by atoms with van der Waals surface area (Å²) in [6.07, 6.45) is 2.12. The van der Waals surface area contributed by atoms with E-state index < -0.39 is 10.0 Å². The molecule has 8 nitrogen and oxygen atoms in total. The van der Waals surface area contributed by atoms with Gasteiger partial charge < -0.3 is 14.4 Å². The summed E-state index contributed by atoms with van der Waals surface area (Å²) in [6.45, 7) is 6.43. The highest BCUT2D eigenvalue weighted by Crippen LogP contribution is 2.24. The van der Waals surface area contributed by atoms with Crippen LogP contribution in [0.2, 0.25) is 0 Å². The van der Waals surface area contributed by atoms with Gasteiger partial charge in [0.15, 0.2) is 0 Å². The van der Waals surface area contributed by atoms with Crippen LogP contribution in [0.4, 0.5) is 5.69 Å². The van der Waals surface area contributed by atoms with Crippen LogP contribution in [-0.2, 0) is 24.3 Å². The Labute approximate surface area is 172 Å². The standard InChI is InChI=1S/C20H30N2O6S/c1-5-27-20(24)16-10-12-21(13-11-16)19(23)14-22(29(4,25)26)17-6-8-18(9-7-17)28-15(2)3/h6-9,15-16H,5,10-14H2,1-4H3. The van der Waals surface area contributed by atoms with Crippen molar-refractivity contribution in [2.24, 2.45) is 5.92 Å². The van der Waals surface area contributed by atoms with E-state index in [0.29, 0.717) is 44.0 Å². The lowest BCUT2D eigenvalue weighted by Crippen LogP contribution is -2.46. The number of carbonyl (C=O) groups is 2. The van der Waals surface area contributed by atoms with E-state index in [0.717, 1.165) is 10.6 Å². The van der Waals surface area contributed by atoms with Gasteiger partial charge >= 0.3 is 5.97 Å². The van der Waals surface area contributed by atoms with E-state index in [-0.39, 0.29) is 30.4 Å². The van der Waals surface area contributed by atoms with Gasteiger partial charge in [0.25, 0.3) is 0 Å². The van der Waals surface area contributed by atoms with Crippen molar-refractivity contribution in [2.75, 3.05) is 36.8 Å². The summed E-state index contributed by atoms with van der Waals surface area (Å²) in [4.78, 5) is 26.2. The lowest BCUT2D eigenvalue weighted by molar-refractivity contribution is -0.151. The molecule has 1 aliphatic heterocycles. The monoisotopic (exact) mass is 426 g/mol. The first-order valence-electron chi connectivity index (χ1n) is 9.80. The van der Waals surface area contributed by atoms with Gasteiger partial charge in [-0.25, -0.2) is 8.42 Å². The fraction of sp³-hybridized carbons (Fsp3) is 0.600. The summed E-state index contributed by atoms with van der Waals surface area (Å²) in [5, 5.41) is 0. The largest absolute Gasteiger partial charge is 0.491 e. The second-order valence-corrected chi connectivity index (χ2v) is 9.24. The van der Waals surface area contributed by atoms with Crippen LogP contribution in [-0.4, -0.2) is 63.8 Å². The third kappa shape index (κ3) is 6.62. The van der Waals surface area contributed by atoms with Crippen LogP contribution in [0.25, 0.3) is 0 Å². The molecule has 0 aliphatic carbocycles. The van der Waals surface area contributed by atoms with Crippen LogP contribution in [0.3, 0.4) is 0 Å². The van der Waals surface area contributed by atoms with Crippen LogP contribution in [0.15, 0.2) is 24.3 Å². The summed E-state index contributed by atoms with van der Waals surface area (Å²) in [5.74, 6) is -0.107. The van der Waals surface area contributed by atoms with E-state index >= 15 is 0 Å². The molecule has 1 aromatic rings. The number of piperidine rings is 1. The first-order valence-corrected chi connectivity index (χ1v) is 11.7. The van der Waals surface area contributed by atoms with Crippen LogP contribution < -0.4 is 9.04 Å². The first kappa shape index (κ1) is 23.0. The second-order valence-electron chi connectivity index (χ2n) is 7.34. The number of sulfonamides is 1. The number of anilines is 1. The van der Waals surface area contributed by atoms with Crippen molar-refractivity contribution in [3.63, 3.8) is 0 Å². The predicted molar refractivity (Wildman–Crippen MR) is 110 cm³/mol. The Kier molecular flexibility index (Phi) is 7.89. The molecule has 1 saturated heterocycles. The van der Waals surface area contributed by atoms with E-state index in [9.17, 15) is 18.0 Å². The molecule has 0 bridgehead atoms. The lowest BCUT2D eigenvalue weighted by atomic mass is 9.97. The topological polar surface area (TPSA) is 93.2 Å². The van der Waals surface area contributed by atoms with Gasteiger partial charge in [0.05, 0.1) is 30.6 Å². The summed E-state index contributed by atoms with van der Waals surface area (Å²) in [6, 6.07) is 6.61. The minimum Gasteiger partial charge on any atom is -0.491 e. The lowest BCUT2D eigenvalue weighted by Gasteiger charge is -2.32. The highest BCUT2D eigenvalue weighted by molar-refractivity contribution is 7.92. The molecule has 0 aromatic heterocycles. The van der Waals surface area contributed by atoms with Gasteiger partial charge in [-0.05, 0) is 57.9 Å². The van der Waals surface area contributed by atoms with E-state index in [4.69, 9.17) is 9.47 Å². The fourth-order valence-corrected chi connectivity index (χ4v) is 4.06. The number of ether oxygens (including phenoxy) is 2. The van der Waals surface area contributed by atoms with Crippen molar-refractivity contribution in [3.8, 4) is 5.75 Å². The molecular formula is C20H30N2O6S. The van der Waals surface area contributed by atoms with Crippen molar-refractivity contribution in [2.45, 2.75) is 39.7 Å². The third-order valence-corrected chi connectivity index (χ3v) is 5.78. The van der Waals surface area contributed by atoms with E-state index in [2.05, 4.69) is 0 Å². The SMILES string of the molecule is CCOC(=O)C1CCN(C(=O)CN(c2ccc(OC(C)C)cc2)S(C)(=O)=O)CC1. The quantitative estimate of drug-likeness (QED) is 0.591. The molecule has 2 rings (SSSR count). The maximum absolute atomic E-state index is 12.7. The molecule has 0 radical (unpaired) electrons. The molecule has 1 aromatic carbocycles. The van der Waals surface area contributed by atoms with Crippen molar-refractivity contribution in [3.05, 3.63) is 24.3 Å². The number of benzene rings is 1. The second kappa shape index (κ2) is 9.96. The Bertz CT molecular complexity index is 799. The highest BCUT2D eigenvalue weighted by atomic mass is 32.2. The Hall–Kier alpha value is -2.29. The van der Waals surface area contributed by atoms with Gasteiger partial charge in [-0.15, -0.1) is 0 Å². The summed E-state index contributed by atoms with van der Waals surface area (Å²) in [5.41, 5.74) is 0.401. The van der Waals surface area contributed by atoms with Gasteiger partial charge in [0, 0.05) is 13.1 Å². The molecule has 0 N–H and O–H groups in total. The van der Waals surface area contributed by atoms with E-state index in [1.165, 1.54) is 0 Å². The van der Waals surface area contributed by atoms with Gasteiger partial charge in [-0.2, -0.15) is 0 Å². The molecule has 9 heteroatoms. The normalized spacial score (nSPS) is 15.3. The number of likely N-dealkylation sites (tertiary alicyclic amines) is 1. The van der Waals surface area contributed by atoms with Gasteiger partial charge in [-0.3, -0.25) is 13.9 Å². The Morgan fingerprint density at radius 3 is 2.24 bits per heavy atom. The number of rotatable bonds is 8. The molecule has 1 amide bonds. The van der Waals surface area contributed by atoms with Gasteiger partial charge in [-0.1, -0.05) is 0 Å². The fourth-order valence-electron chi connectivity index (χ4n) is 3.21. The van der Waals surface area contributed by atoms with Crippen molar-refractivity contribution < 1.29 is 27.5 Å². The van der Waals surface area contributed by atoms with Crippen molar-refractivity contribution in [1.82, 2.24) is 4.90 Å². The number of amides is 1. The molecular weight excluding hydrogens is 396 g/mol. The van der Waals surface area contributed by atoms with Gasteiger partial charge in [0.2, 0.25) is 15.9 Å². The highest BCUT2D eigenvalue weighted by Gasteiger charge is 2.30. The van der Waals surface area contributed by atoms with E-state index in [1.807, 2.05) is 13.8 Å². The molecule has 1 fully saturated rings. The number of hydrogen-bond acceptors (Lipinski definition) is 6. The Balaban J connectivity index is 2.04. The molecule has 29 heavy (non-hydrogen) atoms. The molecule has 0 saturated carbocycles. The number of esters is 1. The molecule has 0 spiro atoms. The maximum Gasteiger partial charge on any atom is 0.309 e. The molecule has 0 atom stereocenters. The van der Waals surface area contributed by atoms with Crippen LogP contribution in [0, 0.1) is 5.92 Å². The Morgan fingerprint density at radius 2 is 1.76 bits per heavy atom. The molecule has 0 unspecified atom stereocenters. The van der Waals surface area contributed by atoms with Crippen molar-refractivity contribution >= 4 is 27.6 Å². The minimum atomic E-state index is -3.65. The number of carbonyl (C=O) groups excluding carboxylic acids is 2. The zero-order valence-corrected chi connectivity index (χ0v) is 18.3. The average molecular weight is 427 g/mol. The third-order valence-electron chi connectivity index (χ3n) is 4.64.